The van der Waals surface area contributed by atoms with Crippen molar-refractivity contribution < 1.29 is 10.0 Å². The van der Waals surface area contributed by atoms with Gasteiger partial charge in [0, 0.05) is 49.5 Å². The Bertz CT molecular complexity index is 797. The van der Waals surface area contributed by atoms with Crippen molar-refractivity contribution in [3.8, 4) is 0 Å². The first kappa shape index (κ1) is 16.3. The van der Waals surface area contributed by atoms with Crippen LogP contribution in [0.4, 0.5) is 11.4 Å². The van der Waals surface area contributed by atoms with Crippen LogP contribution in [0.15, 0.2) is 42.5 Å². The number of piperazine rings is 1. The van der Waals surface area contributed by atoms with Crippen LogP contribution >= 0.6 is 0 Å². The van der Waals surface area contributed by atoms with Crippen molar-refractivity contribution in [3.63, 3.8) is 0 Å². The van der Waals surface area contributed by atoms with Gasteiger partial charge in [0.15, 0.2) is 5.78 Å². The number of carbonyl (C=O) groups is 1. The molecule has 0 amide bonds. The van der Waals surface area contributed by atoms with Crippen molar-refractivity contribution in [2.24, 2.45) is 0 Å². The van der Waals surface area contributed by atoms with Crippen molar-refractivity contribution in [2.45, 2.75) is 13.3 Å². The molecule has 2 heterocycles. The van der Waals surface area contributed by atoms with Crippen LogP contribution in [-0.4, -0.2) is 53.8 Å². The predicted molar refractivity (Wildman–Crippen MR) is 97.6 cm³/mol. The Balaban J connectivity index is 1.71. The average Bonchev–Trinajstić information content (AvgIpc) is 2.63. The number of ketones is 1. The van der Waals surface area contributed by atoms with E-state index in [4.69, 9.17) is 0 Å². The van der Waals surface area contributed by atoms with Crippen LogP contribution in [0.25, 0.3) is 0 Å². The maximum Gasteiger partial charge on any atom is 0.159 e. The highest BCUT2D eigenvalue weighted by atomic mass is 16.5. The van der Waals surface area contributed by atoms with Gasteiger partial charge in [0.2, 0.25) is 0 Å². The van der Waals surface area contributed by atoms with E-state index in [9.17, 15) is 10.0 Å². The lowest BCUT2D eigenvalue weighted by molar-refractivity contribution is -0.117. The van der Waals surface area contributed by atoms with Crippen molar-refractivity contribution in [1.29, 1.82) is 0 Å². The highest BCUT2D eigenvalue weighted by Crippen LogP contribution is 2.39. The highest BCUT2D eigenvalue weighted by Gasteiger charge is 2.26. The number of nitrogens with zero attached hydrogens (tertiary/aromatic N) is 3. The van der Waals surface area contributed by atoms with E-state index in [0.29, 0.717) is 13.1 Å². The first-order valence-corrected chi connectivity index (χ1v) is 8.77. The van der Waals surface area contributed by atoms with Gasteiger partial charge in [-0.2, -0.15) is 5.06 Å². The molecule has 130 valence electrons. The lowest BCUT2D eigenvalue weighted by Gasteiger charge is -2.39. The molecule has 0 atom stereocenters. The zero-order valence-electron chi connectivity index (χ0n) is 14.5. The summed E-state index contributed by atoms with van der Waals surface area (Å²) in [6.45, 7) is 5.36. The van der Waals surface area contributed by atoms with Crippen molar-refractivity contribution in [2.75, 3.05) is 37.7 Å². The molecule has 0 aliphatic carbocycles. The summed E-state index contributed by atoms with van der Waals surface area (Å²) in [6, 6.07) is 14.5. The zero-order valence-corrected chi connectivity index (χ0v) is 14.5. The summed E-state index contributed by atoms with van der Waals surface area (Å²) in [5, 5.41) is 11.0. The quantitative estimate of drug-likeness (QED) is 0.873. The van der Waals surface area contributed by atoms with Crippen LogP contribution in [0.1, 0.15) is 28.4 Å². The first-order valence-electron chi connectivity index (χ1n) is 8.77. The molecule has 0 radical (unpaired) electrons. The number of para-hydroxylation sites is 1. The number of rotatable bonds is 3. The van der Waals surface area contributed by atoms with Crippen molar-refractivity contribution >= 4 is 17.2 Å². The lowest BCUT2D eigenvalue weighted by atomic mass is 9.94. The molecule has 4 rings (SSSR count). The van der Waals surface area contributed by atoms with Gasteiger partial charge in [0.1, 0.15) is 0 Å². The van der Waals surface area contributed by atoms with E-state index in [1.165, 1.54) is 21.9 Å². The van der Waals surface area contributed by atoms with Crippen LogP contribution in [0.2, 0.25) is 0 Å². The maximum atomic E-state index is 11.8. The summed E-state index contributed by atoms with van der Waals surface area (Å²) in [4.78, 5) is 16.5. The fourth-order valence-corrected chi connectivity index (χ4v) is 3.67. The number of carbonyl (C=O) groups excluding carboxylic acids is 1. The molecular formula is C20H23N3O2. The summed E-state index contributed by atoms with van der Waals surface area (Å²) in [5.41, 5.74) is 5.65. The average molecular weight is 337 g/mol. The van der Waals surface area contributed by atoms with Gasteiger partial charge in [-0.05, 0) is 30.2 Å². The zero-order chi connectivity index (χ0) is 17.4. The number of hydroxylamine groups is 2. The number of hydrogen-bond donors (Lipinski definition) is 1. The van der Waals surface area contributed by atoms with E-state index in [0.717, 1.165) is 37.4 Å². The monoisotopic (exact) mass is 337 g/mol. The summed E-state index contributed by atoms with van der Waals surface area (Å²) >= 11 is 0. The summed E-state index contributed by atoms with van der Waals surface area (Å²) in [7, 11) is 0. The number of Topliss-reactive ketones (excluding diaryl/α,β-unsaturated/α-hetero) is 1. The Kier molecular flexibility index (Phi) is 4.29. The fourth-order valence-electron chi connectivity index (χ4n) is 3.67. The minimum absolute atomic E-state index is 0.0931. The van der Waals surface area contributed by atoms with Gasteiger partial charge in [-0.1, -0.05) is 30.3 Å². The molecule has 0 bridgehead atoms. The van der Waals surface area contributed by atoms with E-state index >= 15 is 0 Å². The maximum absolute atomic E-state index is 11.8. The number of fused-ring (bicyclic) bond motifs is 2. The lowest BCUT2D eigenvalue weighted by Crippen LogP contribution is -2.48. The standard InChI is InChI=1S/C20H23N3O2/c1-15(24)16-6-7-18-12-17-4-2-3-5-19(17)23(20(18)13-16)14-21-8-10-22(25)11-9-21/h2-7,13,25H,8-12,14H2,1H3. The van der Waals surface area contributed by atoms with E-state index in [2.05, 4.69) is 40.1 Å². The molecule has 2 aliphatic heterocycles. The van der Waals surface area contributed by atoms with Crippen molar-refractivity contribution in [1.82, 2.24) is 9.96 Å². The molecular weight excluding hydrogens is 314 g/mol. The largest absolute Gasteiger partial charge is 0.327 e. The van der Waals surface area contributed by atoms with Gasteiger partial charge < -0.3 is 10.1 Å². The summed E-state index contributed by atoms with van der Waals surface area (Å²) in [5.74, 6) is 0.0931. The Morgan fingerprint density at radius 3 is 2.48 bits per heavy atom. The Morgan fingerprint density at radius 2 is 1.72 bits per heavy atom. The second kappa shape index (κ2) is 6.59. The third-order valence-corrected chi connectivity index (χ3v) is 5.14. The second-order valence-electron chi connectivity index (χ2n) is 6.85. The molecule has 25 heavy (non-hydrogen) atoms. The van der Waals surface area contributed by atoms with Crippen LogP contribution in [0, 0.1) is 0 Å². The molecule has 0 unspecified atom stereocenters. The molecule has 2 aromatic carbocycles. The third kappa shape index (κ3) is 3.18. The molecule has 2 aromatic rings. The minimum Gasteiger partial charge on any atom is -0.327 e. The fraction of sp³-hybridized carbons (Fsp3) is 0.350. The van der Waals surface area contributed by atoms with E-state index < -0.39 is 0 Å². The Labute approximate surface area is 148 Å². The summed E-state index contributed by atoms with van der Waals surface area (Å²) in [6.07, 6.45) is 0.893. The third-order valence-electron chi connectivity index (χ3n) is 5.14. The Hall–Kier alpha value is -2.21. The molecule has 5 nitrogen and oxygen atoms in total. The summed E-state index contributed by atoms with van der Waals surface area (Å²) < 4.78 is 0. The van der Waals surface area contributed by atoms with E-state index in [1.807, 2.05) is 12.1 Å². The molecule has 5 heteroatoms. The van der Waals surface area contributed by atoms with Gasteiger partial charge >= 0.3 is 0 Å². The van der Waals surface area contributed by atoms with Crippen molar-refractivity contribution in [3.05, 3.63) is 59.2 Å². The molecule has 0 aromatic heterocycles. The van der Waals surface area contributed by atoms with Gasteiger partial charge in [0.05, 0.1) is 6.67 Å². The SMILES string of the molecule is CC(=O)c1ccc2c(c1)N(CN1CCN(O)CC1)c1ccccc1C2. The smallest absolute Gasteiger partial charge is 0.159 e. The predicted octanol–water partition coefficient (Wildman–Crippen LogP) is 2.90. The second-order valence-corrected chi connectivity index (χ2v) is 6.85. The van der Waals surface area contributed by atoms with Gasteiger partial charge in [-0.3, -0.25) is 9.69 Å². The van der Waals surface area contributed by atoms with Crippen LogP contribution in [0.3, 0.4) is 0 Å². The number of hydrogen-bond acceptors (Lipinski definition) is 5. The molecule has 0 spiro atoms. The number of anilines is 2. The normalized spacial score (nSPS) is 17.9. The number of benzene rings is 2. The van der Waals surface area contributed by atoms with Crippen LogP contribution < -0.4 is 4.90 Å². The van der Waals surface area contributed by atoms with E-state index in [1.54, 1.807) is 6.92 Å². The molecule has 1 fully saturated rings. The first-order chi connectivity index (χ1) is 12.1. The Morgan fingerprint density at radius 1 is 1.00 bits per heavy atom. The van der Waals surface area contributed by atoms with Gasteiger partial charge in [-0.25, -0.2) is 0 Å². The molecule has 2 aliphatic rings. The molecule has 1 saturated heterocycles. The van der Waals surface area contributed by atoms with Gasteiger partial charge in [-0.15, -0.1) is 0 Å². The molecule has 0 saturated carbocycles. The van der Waals surface area contributed by atoms with Gasteiger partial charge in [0.25, 0.3) is 0 Å². The molecule has 1 N–H and O–H groups in total. The van der Waals surface area contributed by atoms with Crippen LogP contribution in [-0.2, 0) is 6.42 Å². The highest BCUT2D eigenvalue weighted by molar-refractivity contribution is 5.95. The topological polar surface area (TPSA) is 47.0 Å². The van der Waals surface area contributed by atoms with E-state index in [-0.39, 0.29) is 5.78 Å². The van der Waals surface area contributed by atoms with Crippen LogP contribution in [0.5, 0.6) is 0 Å². The minimum atomic E-state index is 0.0931.